The molecule has 162 valence electrons. The van der Waals surface area contributed by atoms with Gasteiger partial charge in [0.15, 0.2) is 5.13 Å². The van der Waals surface area contributed by atoms with E-state index in [1.165, 1.54) is 29.9 Å². The van der Waals surface area contributed by atoms with E-state index in [0.29, 0.717) is 21.6 Å². The molecule has 1 aromatic heterocycles. The highest BCUT2D eigenvalue weighted by molar-refractivity contribution is 7.18. The molecule has 3 aromatic rings. The van der Waals surface area contributed by atoms with Crippen LogP contribution in [0.1, 0.15) is 33.6 Å². The van der Waals surface area contributed by atoms with Crippen molar-refractivity contribution in [2.45, 2.75) is 25.8 Å². The zero-order chi connectivity index (χ0) is 22.0. The average Bonchev–Trinajstić information content (AvgIpc) is 3.13. The predicted octanol–water partition coefficient (Wildman–Crippen LogP) is 4.54. The molecule has 0 spiro atoms. The van der Waals surface area contributed by atoms with Crippen LogP contribution in [0.25, 0.3) is 0 Å². The number of nitrogens with one attached hydrogen (secondary N) is 1. The van der Waals surface area contributed by atoms with Crippen molar-refractivity contribution in [3.05, 3.63) is 64.5 Å². The van der Waals surface area contributed by atoms with Crippen molar-refractivity contribution in [1.82, 2.24) is 9.88 Å². The van der Waals surface area contributed by atoms with E-state index >= 15 is 0 Å². The van der Waals surface area contributed by atoms with Crippen molar-refractivity contribution in [2.24, 2.45) is 0 Å². The Labute approximate surface area is 187 Å². The molecule has 0 bridgehead atoms. The van der Waals surface area contributed by atoms with E-state index < -0.39 is 0 Å². The Morgan fingerprint density at radius 2 is 1.87 bits per heavy atom. The van der Waals surface area contributed by atoms with Gasteiger partial charge in [-0.1, -0.05) is 35.1 Å². The van der Waals surface area contributed by atoms with E-state index in [2.05, 4.69) is 46.3 Å². The molecule has 2 aromatic carbocycles. The molecule has 0 radical (unpaired) electrons. The monoisotopic (exact) mass is 435 g/mol. The first-order valence-electron chi connectivity index (χ1n) is 10.6. The summed E-state index contributed by atoms with van der Waals surface area (Å²) in [4.78, 5) is 22.4. The minimum atomic E-state index is -0.0942. The first-order valence-corrected chi connectivity index (χ1v) is 11.4. The summed E-state index contributed by atoms with van der Waals surface area (Å²) in [5, 5.41) is 3.90. The number of nitrogens with two attached hydrogens (primary N) is 1. The highest BCUT2D eigenvalue weighted by Gasteiger charge is 2.21. The second kappa shape index (κ2) is 9.08. The zero-order valence-corrected chi connectivity index (χ0v) is 19.1. The number of piperidine rings is 1. The molecule has 4 rings (SSSR count). The number of hydrogen-bond acceptors (Lipinski definition) is 7. The van der Waals surface area contributed by atoms with Crippen LogP contribution in [-0.2, 0) is 0 Å². The molecule has 0 atom stereocenters. The van der Waals surface area contributed by atoms with Gasteiger partial charge in [-0.25, -0.2) is 4.98 Å². The second-order valence-electron chi connectivity index (χ2n) is 8.29. The van der Waals surface area contributed by atoms with Crippen LogP contribution in [0.2, 0.25) is 0 Å². The number of benzene rings is 2. The summed E-state index contributed by atoms with van der Waals surface area (Å²) in [5.74, 6) is 0.169. The smallest absolute Gasteiger partial charge is 0.206 e. The number of hydrogen-bond donors (Lipinski definition) is 2. The molecule has 1 aliphatic heterocycles. The van der Waals surface area contributed by atoms with E-state index in [-0.39, 0.29) is 11.6 Å². The number of anilines is 4. The number of nitrogens with zero attached hydrogens (tertiary/aromatic N) is 3. The van der Waals surface area contributed by atoms with Crippen molar-refractivity contribution in [3.8, 4) is 0 Å². The van der Waals surface area contributed by atoms with Gasteiger partial charge in [-0.15, -0.1) is 0 Å². The number of carbonyl (C=O) groups is 1. The third-order valence-corrected chi connectivity index (χ3v) is 6.80. The van der Waals surface area contributed by atoms with Crippen molar-refractivity contribution < 1.29 is 4.79 Å². The predicted molar refractivity (Wildman–Crippen MR) is 130 cm³/mol. The van der Waals surface area contributed by atoms with E-state index in [1.807, 2.05) is 43.3 Å². The Morgan fingerprint density at radius 3 is 2.52 bits per heavy atom. The Morgan fingerprint density at radius 1 is 1.16 bits per heavy atom. The lowest BCUT2D eigenvalue weighted by molar-refractivity contribution is 0.104. The average molecular weight is 436 g/mol. The van der Waals surface area contributed by atoms with E-state index in [9.17, 15) is 4.79 Å². The standard InChI is InChI=1S/C24H29N5OS/c1-16-5-4-6-17(15-16)21(30)22-23(25)27-24(31-22)26-18-7-9-20(10-8-18)29-13-11-19(12-14-29)28(2)3/h4-10,15,19H,11-14,25H2,1-3H3,(H,26,27). The number of carbonyl (C=O) groups excluding carboxylic acids is 1. The summed E-state index contributed by atoms with van der Waals surface area (Å²) in [6.07, 6.45) is 2.37. The molecule has 0 unspecified atom stereocenters. The summed E-state index contributed by atoms with van der Waals surface area (Å²) in [6.45, 7) is 4.11. The fourth-order valence-corrected chi connectivity index (χ4v) is 4.85. The van der Waals surface area contributed by atoms with Crippen molar-refractivity contribution in [1.29, 1.82) is 0 Å². The van der Waals surface area contributed by atoms with E-state index in [0.717, 1.165) is 24.3 Å². The number of nitrogen functional groups attached to an aromatic ring is 1. The Hall–Kier alpha value is -2.90. The first-order chi connectivity index (χ1) is 14.9. The zero-order valence-electron chi connectivity index (χ0n) is 18.3. The van der Waals surface area contributed by atoms with Crippen LogP contribution in [0.3, 0.4) is 0 Å². The third kappa shape index (κ3) is 4.89. The molecular formula is C24H29N5OS. The van der Waals surface area contributed by atoms with Gasteiger partial charge in [-0.2, -0.15) is 0 Å². The van der Waals surface area contributed by atoms with Gasteiger partial charge in [0.1, 0.15) is 10.7 Å². The van der Waals surface area contributed by atoms with E-state index in [4.69, 9.17) is 5.73 Å². The SMILES string of the molecule is Cc1cccc(C(=O)c2sc(Nc3ccc(N4CCC(N(C)C)CC4)cc3)nc2N)c1. The maximum absolute atomic E-state index is 12.8. The number of aryl methyl sites for hydroxylation is 1. The number of rotatable bonds is 6. The van der Waals surface area contributed by atoms with Gasteiger partial charge in [0.2, 0.25) is 5.78 Å². The first kappa shape index (κ1) is 21.3. The van der Waals surface area contributed by atoms with Crippen molar-refractivity contribution >= 4 is 39.4 Å². The van der Waals surface area contributed by atoms with Crippen LogP contribution in [0, 0.1) is 6.92 Å². The summed E-state index contributed by atoms with van der Waals surface area (Å²) in [6, 6.07) is 16.6. The van der Waals surface area contributed by atoms with Gasteiger partial charge in [0.25, 0.3) is 0 Å². The summed E-state index contributed by atoms with van der Waals surface area (Å²) in [7, 11) is 4.32. The normalized spacial score (nSPS) is 14.8. The molecule has 1 aliphatic rings. The van der Waals surface area contributed by atoms with Crippen molar-refractivity contribution in [2.75, 3.05) is 43.1 Å². The number of ketones is 1. The van der Waals surface area contributed by atoms with Crippen LogP contribution in [0.4, 0.5) is 22.3 Å². The Kier molecular flexibility index (Phi) is 6.25. The molecule has 0 saturated carbocycles. The Bertz CT molecular complexity index is 1050. The van der Waals surface area contributed by atoms with Crippen LogP contribution < -0.4 is 16.0 Å². The summed E-state index contributed by atoms with van der Waals surface area (Å²) < 4.78 is 0. The lowest BCUT2D eigenvalue weighted by Crippen LogP contribution is -2.41. The van der Waals surface area contributed by atoms with Crippen LogP contribution in [0.5, 0.6) is 0 Å². The lowest BCUT2D eigenvalue weighted by atomic mass is 10.0. The molecule has 1 saturated heterocycles. The molecule has 6 nitrogen and oxygen atoms in total. The fraction of sp³-hybridized carbons (Fsp3) is 0.333. The molecule has 0 amide bonds. The van der Waals surface area contributed by atoms with Gasteiger partial charge in [-0.3, -0.25) is 4.79 Å². The number of aromatic nitrogens is 1. The maximum Gasteiger partial charge on any atom is 0.206 e. The van der Waals surface area contributed by atoms with Crippen LogP contribution in [0.15, 0.2) is 48.5 Å². The maximum atomic E-state index is 12.8. The largest absolute Gasteiger partial charge is 0.382 e. The van der Waals surface area contributed by atoms with Gasteiger partial charge >= 0.3 is 0 Å². The van der Waals surface area contributed by atoms with Crippen molar-refractivity contribution in [3.63, 3.8) is 0 Å². The number of thiazole rings is 1. The summed E-state index contributed by atoms with van der Waals surface area (Å²) in [5.41, 5.74) is 9.88. The summed E-state index contributed by atoms with van der Waals surface area (Å²) >= 11 is 1.29. The minimum Gasteiger partial charge on any atom is -0.382 e. The highest BCUT2D eigenvalue weighted by atomic mass is 32.1. The quantitative estimate of drug-likeness (QED) is 0.554. The highest BCUT2D eigenvalue weighted by Crippen LogP contribution is 2.31. The molecule has 0 aliphatic carbocycles. The Balaban J connectivity index is 1.42. The van der Waals surface area contributed by atoms with E-state index in [1.54, 1.807) is 0 Å². The second-order valence-corrected chi connectivity index (χ2v) is 9.28. The van der Waals surface area contributed by atoms with Crippen LogP contribution in [-0.4, -0.2) is 48.9 Å². The molecule has 7 heteroatoms. The van der Waals surface area contributed by atoms with Crippen LogP contribution >= 0.6 is 11.3 Å². The molecular weight excluding hydrogens is 406 g/mol. The van der Waals surface area contributed by atoms with Gasteiger partial charge in [0.05, 0.1) is 0 Å². The molecule has 1 fully saturated rings. The van der Waals surface area contributed by atoms with Gasteiger partial charge in [0, 0.05) is 36.1 Å². The fourth-order valence-electron chi connectivity index (χ4n) is 3.98. The topological polar surface area (TPSA) is 74.5 Å². The van der Waals surface area contributed by atoms with Gasteiger partial charge < -0.3 is 20.9 Å². The lowest BCUT2D eigenvalue weighted by Gasteiger charge is -2.36. The molecule has 2 heterocycles. The minimum absolute atomic E-state index is 0.0942. The molecule has 3 N–H and O–H groups in total. The van der Waals surface area contributed by atoms with Gasteiger partial charge in [-0.05, 0) is 64.2 Å². The molecule has 31 heavy (non-hydrogen) atoms. The third-order valence-electron chi connectivity index (χ3n) is 5.82.